The van der Waals surface area contributed by atoms with Gasteiger partial charge >= 0.3 is 0 Å². The van der Waals surface area contributed by atoms with Crippen molar-refractivity contribution in [1.82, 2.24) is 4.98 Å². The first-order chi connectivity index (χ1) is 9.15. The van der Waals surface area contributed by atoms with E-state index in [2.05, 4.69) is 4.98 Å². The van der Waals surface area contributed by atoms with Crippen LogP contribution in [-0.4, -0.2) is 4.98 Å². The third-order valence-corrected chi connectivity index (χ3v) is 3.41. The molecular formula is C15H13ClN2O. The molecule has 2 aromatic heterocycles. The number of benzene rings is 1. The number of furan rings is 1. The Balaban J connectivity index is 2.04. The van der Waals surface area contributed by atoms with Crippen molar-refractivity contribution in [2.75, 3.05) is 0 Å². The minimum Gasteiger partial charge on any atom is -0.457 e. The fourth-order valence-corrected chi connectivity index (χ4v) is 2.25. The number of halogens is 1. The number of fused-ring (bicyclic) bond motifs is 1. The number of hydrogen-bond donors (Lipinski definition) is 1. The van der Waals surface area contributed by atoms with Crippen LogP contribution in [0.4, 0.5) is 0 Å². The van der Waals surface area contributed by atoms with Crippen LogP contribution in [0.1, 0.15) is 23.1 Å². The first kappa shape index (κ1) is 12.2. The lowest BCUT2D eigenvalue weighted by molar-refractivity contribution is 0.524. The van der Waals surface area contributed by atoms with Crippen molar-refractivity contribution in [3.05, 3.63) is 64.6 Å². The van der Waals surface area contributed by atoms with E-state index >= 15 is 0 Å². The van der Waals surface area contributed by atoms with E-state index in [1.54, 1.807) is 12.3 Å². The molecule has 1 atom stereocenters. The lowest BCUT2D eigenvalue weighted by Gasteiger charge is -2.08. The molecule has 1 unspecified atom stereocenters. The number of nitrogens with zero attached hydrogens (tertiary/aromatic N) is 1. The van der Waals surface area contributed by atoms with Crippen LogP contribution >= 0.6 is 11.6 Å². The van der Waals surface area contributed by atoms with Gasteiger partial charge in [0.2, 0.25) is 0 Å². The molecule has 0 fully saturated rings. The van der Waals surface area contributed by atoms with Crippen molar-refractivity contribution in [3.8, 4) is 0 Å². The molecule has 0 spiro atoms. The Morgan fingerprint density at radius 2 is 2.11 bits per heavy atom. The summed E-state index contributed by atoms with van der Waals surface area (Å²) in [7, 11) is 0. The molecule has 2 heterocycles. The number of rotatable bonds is 2. The Morgan fingerprint density at radius 1 is 1.26 bits per heavy atom. The number of hydrogen-bond acceptors (Lipinski definition) is 3. The lowest BCUT2D eigenvalue weighted by atomic mass is 10.1. The Labute approximate surface area is 116 Å². The highest BCUT2D eigenvalue weighted by Gasteiger charge is 2.15. The van der Waals surface area contributed by atoms with Crippen molar-refractivity contribution < 1.29 is 4.42 Å². The molecule has 3 nitrogen and oxygen atoms in total. The molecule has 96 valence electrons. The average Bonchev–Trinajstić information content (AvgIpc) is 2.84. The summed E-state index contributed by atoms with van der Waals surface area (Å²) in [6, 6.07) is 11.1. The predicted octanol–water partition coefficient (Wildman–Crippen LogP) is 3.84. The zero-order valence-electron chi connectivity index (χ0n) is 10.4. The number of aryl methyl sites for hydroxylation is 1. The molecule has 0 radical (unpaired) electrons. The molecule has 3 rings (SSSR count). The van der Waals surface area contributed by atoms with Gasteiger partial charge in [0.15, 0.2) is 5.58 Å². The van der Waals surface area contributed by atoms with Crippen molar-refractivity contribution in [1.29, 1.82) is 0 Å². The molecule has 2 N–H and O–H groups in total. The summed E-state index contributed by atoms with van der Waals surface area (Å²) in [4.78, 5) is 4.25. The van der Waals surface area contributed by atoms with E-state index in [1.807, 2.05) is 37.3 Å². The van der Waals surface area contributed by atoms with Gasteiger partial charge in [0.25, 0.3) is 0 Å². The van der Waals surface area contributed by atoms with E-state index < -0.39 is 0 Å². The zero-order chi connectivity index (χ0) is 13.4. The van der Waals surface area contributed by atoms with Gasteiger partial charge in [-0.1, -0.05) is 29.8 Å². The van der Waals surface area contributed by atoms with Gasteiger partial charge in [-0.15, -0.1) is 0 Å². The van der Waals surface area contributed by atoms with Gasteiger partial charge in [0.05, 0.1) is 11.1 Å². The predicted molar refractivity (Wildman–Crippen MR) is 76.2 cm³/mol. The van der Waals surface area contributed by atoms with E-state index in [4.69, 9.17) is 21.8 Å². The van der Waals surface area contributed by atoms with Crippen molar-refractivity contribution in [3.63, 3.8) is 0 Å². The van der Waals surface area contributed by atoms with Gasteiger partial charge in [-0.05, 0) is 30.7 Å². The topological polar surface area (TPSA) is 52.0 Å². The smallest absolute Gasteiger partial charge is 0.152 e. The third-order valence-electron chi connectivity index (χ3n) is 3.11. The summed E-state index contributed by atoms with van der Waals surface area (Å²) in [5.41, 5.74) is 8.76. The van der Waals surface area contributed by atoms with Gasteiger partial charge < -0.3 is 10.2 Å². The largest absolute Gasteiger partial charge is 0.457 e. The first-order valence-electron chi connectivity index (χ1n) is 6.01. The lowest BCUT2D eigenvalue weighted by Crippen LogP contribution is -2.11. The van der Waals surface area contributed by atoms with Crippen LogP contribution < -0.4 is 5.73 Å². The van der Waals surface area contributed by atoms with E-state index in [0.717, 1.165) is 16.6 Å². The molecule has 19 heavy (non-hydrogen) atoms. The minimum absolute atomic E-state index is 0.337. The van der Waals surface area contributed by atoms with E-state index in [0.29, 0.717) is 16.4 Å². The quantitative estimate of drug-likeness (QED) is 0.771. The summed E-state index contributed by atoms with van der Waals surface area (Å²) in [6.45, 7) is 1.94. The molecule has 0 aliphatic rings. The highest BCUT2D eigenvalue weighted by Crippen LogP contribution is 2.30. The molecule has 3 aromatic rings. The molecule has 0 amide bonds. The van der Waals surface area contributed by atoms with Crippen LogP contribution in [0.25, 0.3) is 11.0 Å². The number of nitrogens with two attached hydrogens (primary N) is 1. The van der Waals surface area contributed by atoms with Gasteiger partial charge in [-0.3, -0.25) is 4.98 Å². The summed E-state index contributed by atoms with van der Waals surface area (Å²) < 4.78 is 5.76. The van der Waals surface area contributed by atoms with Crippen LogP contribution in [0.3, 0.4) is 0 Å². The van der Waals surface area contributed by atoms with Gasteiger partial charge in [0, 0.05) is 17.3 Å². The summed E-state index contributed by atoms with van der Waals surface area (Å²) in [6.07, 6.45) is 1.77. The van der Waals surface area contributed by atoms with Crippen LogP contribution in [0.2, 0.25) is 5.02 Å². The standard InChI is InChI=1S/C15H13ClN2O/c1-9-5-6-11(8-18-9)14(17)13-7-10-3-2-4-12(16)15(10)19-13/h2-8,14H,17H2,1H3. The molecular weight excluding hydrogens is 260 g/mol. The second-order valence-electron chi connectivity index (χ2n) is 4.52. The maximum Gasteiger partial charge on any atom is 0.152 e. The highest BCUT2D eigenvalue weighted by molar-refractivity contribution is 6.34. The van der Waals surface area contributed by atoms with Crippen molar-refractivity contribution in [2.45, 2.75) is 13.0 Å². The van der Waals surface area contributed by atoms with Crippen LogP contribution in [-0.2, 0) is 0 Å². The average molecular weight is 273 g/mol. The highest BCUT2D eigenvalue weighted by atomic mass is 35.5. The molecule has 0 saturated carbocycles. The van der Waals surface area contributed by atoms with Crippen LogP contribution in [0.15, 0.2) is 47.0 Å². The van der Waals surface area contributed by atoms with Crippen molar-refractivity contribution >= 4 is 22.6 Å². The summed E-state index contributed by atoms with van der Waals surface area (Å²) in [5, 5.41) is 1.55. The van der Waals surface area contributed by atoms with Gasteiger partial charge in [-0.2, -0.15) is 0 Å². The third kappa shape index (κ3) is 2.23. The zero-order valence-corrected chi connectivity index (χ0v) is 11.2. The maximum absolute atomic E-state index is 6.20. The first-order valence-corrected chi connectivity index (χ1v) is 6.39. The van der Waals surface area contributed by atoms with Gasteiger partial charge in [0.1, 0.15) is 5.76 Å². The second-order valence-corrected chi connectivity index (χ2v) is 4.92. The Kier molecular flexibility index (Phi) is 3.01. The number of para-hydroxylation sites is 1. The molecule has 0 aliphatic carbocycles. The fraction of sp³-hybridized carbons (Fsp3) is 0.133. The minimum atomic E-state index is -0.337. The Hall–Kier alpha value is -1.84. The fourth-order valence-electron chi connectivity index (χ4n) is 2.03. The molecule has 0 saturated heterocycles. The maximum atomic E-state index is 6.20. The molecule has 0 aliphatic heterocycles. The SMILES string of the molecule is Cc1ccc(C(N)c2cc3cccc(Cl)c3o2)cn1. The van der Waals surface area contributed by atoms with E-state index in [1.165, 1.54) is 0 Å². The molecule has 4 heteroatoms. The van der Waals surface area contributed by atoms with Crippen LogP contribution in [0.5, 0.6) is 0 Å². The normalized spacial score (nSPS) is 12.8. The second kappa shape index (κ2) is 4.68. The number of pyridine rings is 1. The molecule has 0 bridgehead atoms. The number of aromatic nitrogens is 1. The van der Waals surface area contributed by atoms with E-state index in [-0.39, 0.29) is 6.04 Å². The van der Waals surface area contributed by atoms with Crippen LogP contribution in [0, 0.1) is 6.92 Å². The van der Waals surface area contributed by atoms with E-state index in [9.17, 15) is 0 Å². The Bertz CT molecular complexity index is 719. The monoisotopic (exact) mass is 272 g/mol. The Morgan fingerprint density at radius 3 is 2.79 bits per heavy atom. The van der Waals surface area contributed by atoms with Crippen molar-refractivity contribution in [2.24, 2.45) is 5.73 Å². The summed E-state index contributed by atoms with van der Waals surface area (Å²) >= 11 is 6.09. The van der Waals surface area contributed by atoms with Gasteiger partial charge in [-0.25, -0.2) is 0 Å². The molecule has 1 aromatic carbocycles. The summed E-state index contributed by atoms with van der Waals surface area (Å²) in [5.74, 6) is 0.689.